The third kappa shape index (κ3) is 6.00. The van der Waals surface area contributed by atoms with E-state index >= 15 is 0 Å². The molecule has 0 saturated carbocycles. The molecule has 10 heavy (non-hydrogen) atoms. The molecule has 0 aliphatic heterocycles. The fourth-order valence-corrected chi connectivity index (χ4v) is 1.19. The van der Waals surface area contributed by atoms with Crippen molar-refractivity contribution in [1.82, 2.24) is 0 Å². The second-order valence-electron chi connectivity index (χ2n) is 2.36. The molecule has 0 bridgehead atoms. The molecule has 0 aliphatic rings. The van der Waals surface area contributed by atoms with Crippen LogP contribution in [0.25, 0.3) is 0 Å². The highest BCUT2D eigenvalue weighted by Gasteiger charge is 2.05. The molecule has 0 amide bonds. The van der Waals surface area contributed by atoms with E-state index in [0.29, 0.717) is 6.42 Å². The Morgan fingerprint density at radius 3 is 2.40 bits per heavy atom. The predicted octanol–water partition coefficient (Wildman–Crippen LogP) is -1.26. The summed E-state index contributed by atoms with van der Waals surface area (Å²) in [4.78, 5) is 0. The van der Waals surface area contributed by atoms with Gasteiger partial charge in [-0.05, 0) is 6.42 Å². The Kier molecular flexibility index (Phi) is 3.85. The van der Waals surface area contributed by atoms with Crippen LogP contribution in [0.5, 0.6) is 0 Å². The third-order valence-corrected chi connectivity index (χ3v) is 2.07. The van der Waals surface area contributed by atoms with Crippen LogP contribution in [-0.2, 0) is 9.84 Å². The van der Waals surface area contributed by atoms with E-state index in [0.717, 1.165) is 6.26 Å². The summed E-state index contributed by atoms with van der Waals surface area (Å²) < 4.78 is 21.0. The molecule has 0 unspecified atom stereocenters. The van der Waals surface area contributed by atoms with Crippen LogP contribution in [0, 0.1) is 0 Å². The fraction of sp³-hybridized carbons (Fsp3) is 1.00. The van der Waals surface area contributed by atoms with Gasteiger partial charge in [-0.15, -0.1) is 0 Å². The smallest absolute Gasteiger partial charge is 0.147 e. The molecule has 0 fully saturated rings. The minimum atomic E-state index is -2.92. The average Bonchev–Trinajstić information content (AvgIpc) is 1.81. The molecule has 4 nitrogen and oxygen atoms in total. The topological polar surface area (TPSA) is 80.4 Å². The monoisotopic (exact) mass is 167 g/mol. The highest BCUT2D eigenvalue weighted by molar-refractivity contribution is 7.90. The fourth-order valence-electron chi connectivity index (χ4n) is 0.457. The van der Waals surface area contributed by atoms with E-state index in [9.17, 15) is 8.42 Å². The predicted molar refractivity (Wildman–Crippen MR) is 39.4 cm³/mol. The van der Waals surface area contributed by atoms with Crippen molar-refractivity contribution in [2.45, 2.75) is 12.5 Å². The van der Waals surface area contributed by atoms with Gasteiger partial charge in [0.2, 0.25) is 0 Å². The van der Waals surface area contributed by atoms with E-state index in [4.69, 9.17) is 10.8 Å². The van der Waals surface area contributed by atoms with Crippen LogP contribution in [0.15, 0.2) is 0 Å². The van der Waals surface area contributed by atoms with Gasteiger partial charge in [-0.25, -0.2) is 8.42 Å². The van der Waals surface area contributed by atoms with Gasteiger partial charge in [0.1, 0.15) is 9.84 Å². The van der Waals surface area contributed by atoms with Gasteiger partial charge in [0.25, 0.3) is 0 Å². The second kappa shape index (κ2) is 3.90. The lowest BCUT2D eigenvalue weighted by Crippen LogP contribution is -2.26. The Labute approximate surface area is 61.0 Å². The van der Waals surface area contributed by atoms with E-state index in [1.54, 1.807) is 0 Å². The zero-order valence-electron chi connectivity index (χ0n) is 5.95. The molecule has 0 aromatic heterocycles. The summed E-state index contributed by atoms with van der Waals surface area (Å²) in [6, 6.07) is -0.408. The molecule has 5 heteroatoms. The van der Waals surface area contributed by atoms with Crippen LogP contribution in [-0.4, -0.2) is 38.2 Å². The molecule has 0 aromatic rings. The zero-order chi connectivity index (χ0) is 8.20. The summed E-state index contributed by atoms with van der Waals surface area (Å²) in [5.74, 6) is 0.0503. The molecule has 0 aliphatic carbocycles. The summed E-state index contributed by atoms with van der Waals surface area (Å²) in [6.45, 7) is -0.157. The number of aliphatic hydroxyl groups is 1. The van der Waals surface area contributed by atoms with Crippen molar-refractivity contribution in [2.24, 2.45) is 5.73 Å². The number of hydrogen-bond acceptors (Lipinski definition) is 4. The lowest BCUT2D eigenvalue weighted by molar-refractivity contribution is 0.263. The Balaban J connectivity index is 3.56. The van der Waals surface area contributed by atoms with Crippen molar-refractivity contribution in [3.63, 3.8) is 0 Å². The highest BCUT2D eigenvalue weighted by atomic mass is 32.2. The number of aliphatic hydroxyl groups excluding tert-OH is 1. The van der Waals surface area contributed by atoms with E-state index < -0.39 is 15.9 Å². The molecule has 3 N–H and O–H groups in total. The van der Waals surface area contributed by atoms with Crippen molar-refractivity contribution in [1.29, 1.82) is 0 Å². The van der Waals surface area contributed by atoms with E-state index in [1.807, 2.05) is 0 Å². The van der Waals surface area contributed by atoms with Gasteiger partial charge < -0.3 is 10.8 Å². The molecule has 0 saturated heterocycles. The summed E-state index contributed by atoms with van der Waals surface area (Å²) in [6.07, 6.45) is 1.48. The minimum Gasteiger partial charge on any atom is -0.395 e. The Morgan fingerprint density at radius 2 is 2.10 bits per heavy atom. The zero-order valence-corrected chi connectivity index (χ0v) is 6.76. The van der Waals surface area contributed by atoms with Crippen LogP contribution in [0.1, 0.15) is 6.42 Å². The minimum absolute atomic E-state index is 0.0503. The number of hydrogen-bond donors (Lipinski definition) is 2. The second-order valence-corrected chi connectivity index (χ2v) is 4.62. The SMILES string of the molecule is CS(=O)(=O)CC[C@H](N)CO. The molecular formula is C5H13NO3S. The third-order valence-electron chi connectivity index (χ3n) is 1.09. The van der Waals surface area contributed by atoms with Crippen molar-refractivity contribution < 1.29 is 13.5 Å². The Morgan fingerprint density at radius 1 is 1.60 bits per heavy atom. The van der Waals surface area contributed by atoms with Crippen LogP contribution in [0.4, 0.5) is 0 Å². The molecule has 0 rings (SSSR count). The first-order chi connectivity index (χ1) is 4.45. The maximum atomic E-state index is 10.5. The van der Waals surface area contributed by atoms with E-state index in [1.165, 1.54) is 0 Å². The first-order valence-electron chi connectivity index (χ1n) is 3.00. The van der Waals surface area contributed by atoms with Gasteiger partial charge in [-0.1, -0.05) is 0 Å². The average molecular weight is 167 g/mol. The lowest BCUT2D eigenvalue weighted by Gasteiger charge is -2.04. The van der Waals surface area contributed by atoms with Crippen molar-refractivity contribution in [3.8, 4) is 0 Å². The Hall–Kier alpha value is -0.130. The summed E-state index contributed by atoms with van der Waals surface area (Å²) in [7, 11) is -2.92. The van der Waals surface area contributed by atoms with Gasteiger partial charge in [0.15, 0.2) is 0 Å². The van der Waals surface area contributed by atoms with Gasteiger partial charge >= 0.3 is 0 Å². The number of sulfone groups is 1. The lowest BCUT2D eigenvalue weighted by atomic mass is 10.3. The van der Waals surface area contributed by atoms with E-state index in [-0.39, 0.29) is 12.4 Å². The highest BCUT2D eigenvalue weighted by Crippen LogP contribution is 1.91. The van der Waals surface area contributed by atoms with Gasteiger partial charge in [0.05, 0.1) is 12.4 Å². The summed E-state index contributed by atoms with van der Waals surface area (Å²) in [5, 5.41) is 8.41. The summed E-state index contributed by atoms with van der Waals surface area (Å²) >= 11 is 0. The maximum Gasteiger partial charge on any atom is 0.147 e. The summed E-state index contributed by atoms with van der Waals surface area (Å²) in [5.41, 5.74) is 5.27. The molecule has 0 radical (unpaired) electrons. The van der Waals surface area contributed by atoms with Crippen LogP contribution in [0.2, 0.25) is 0 Å². The normalized spacial score (nSPS) is 15.1. The quantitative estimate of drug-likeness (QED) is 0.547. The number of nitrogens with two attached hydrogens (primary N) is 1. The van der Waals surface area contributed by atoms with Crippen LogP contribution >= 0.6 is 0 Å². The molecular weight excluding hydrogens is 154 g/mol. The van der Waals surface area contributed by atoms with Gasteiger partial charge in [0, 0.05) is 12.3 Å². The van der Waals surface area contributed by atoms with Crippen molar-refractivity contribution in [2.75, 3.05) is 18.6 Å². The number of rotatable bonds is 4. The van der Waals surface area contributed by atoms with Gasteiger partial charge in [-0.3, -0.25) is 0 Å². The largest absolute Gasteiger partial charge is 0.395 e. The Bertz CT molecular complexity index is 175. The first-order valence-corrected chi connectivity index (χ1v) is 5.06. The molecule has 1 atom stereocenters. The molecule has 0 spiro atoms. The van der Waals surface area contributed by atoms with Crippen LogP contribution in [0.3, 0.4) is 0 Å². The van der Waals surface area contributed by atoms with Gasteiger partial charge in [-0.2, -0.15) is 0 Å². The molecule has 0 heterocycles. The van der Waals surface area contributed by atoms with Crippen molar-refractivity contribution >= 4 is 9.84 Å². The van der Waals surface area contributed by atoms with Crippen LogP contribution < -0.4 is 5.73 Å². The molecule has 62 valence electrons. The molecule has 0 aromatic carbocycles. The standard InChI is InChI=1S/C5H13NO3S/c1-10(8,9)3-2-5(6)4-7/h5,7H,2-4,6H2,1H3/t5-/m0/s1. The van der Waals surface area contributed by atoms with E-state index in [2.05, 4.69) is 0 Å². The maximum absolute atomic E-state index is 10.5. The van der Waals surface area contributed by atoms with Crippen molar-refractivity contribution in [3.05, 3.63) is 0 Å². The first kappa shape index (κ1) is 9.87.